The van der Waals surface area contributed by atoms with Gasteiger partial charge >= 0.3 is 0 Å². The van der Waals surface area contributed by atoms with Gasteiger partial charge in [0.15, 0.2) is 5.76 Å². The van der Waals surface area contributed by atoms with Crippen molar-refractivity contribution < 1.29 is 14.0 Å². The van der Waals surface area contributed by atoms with Crippen LogP contribution in [0, 0.1) is 13.8 Å². The maximum atomic E-state index is 13.8. The summed E-state index contributed by atoms with van der Waals surface area (Å²) in [7, 11) is 0. The molecule has 3 heterocycles. The molecule has 2 amide bonds. The Balaban J connectivity index is 1.70. The summed E-state index contributed by atoms with van der Waals surface area (Å²) in [6.07, 6.45) is 0. The Hall–Kier alpha value is -3.79. The number of nitrogens with one attached hydrogen (secondary N) is 1. The molecule has 1 N–H and O–H groups in total. The molecule has 0 spiro atoms. The van der Waals surface area contributed by atoms with Crippen molar-refractivity contribution in [2.75, 3.05) is 4.90 Å². The number of hydrogen-bond acceptors (Lipinski definition) is 7. The fourth-order valence-corrected chi connectivity index (χ4v) is 4.37. The monoisotopic (exact) mass is 492 g/mol. The predicted molar refractivity (Wildman–Crippen MR) is 134 cm³/mol. The van der Waals surface area contributed by atoms with Crippen molar-refractivity contribution in [3.8, 4) is 11.6 Å². The summed E-state index contributed by atoms with van der Waals surface area (Å²) in [6.45, 7) is 9.31. The molecule has 0 bridgehead atoms. The molecule has 0 aliphatic carbocycles. The predicted octanol–water partition coefficient (Wildman–Crippen LogP) is 4.30. The van der Waals surface area contributed by atoms with Crippen LogP contribution in [0.1, 0.15) is 43.0 Å². The van der Waals surface area contributed by atoms with Gasteiger partial charge in [0.1, 0.15) is 18.3 Å². The number of nitrogens with zero attached hydrogens (tertiary/aromatic N) is 5. The summed E-state index contributed by atoms with van der Waals surface area (Å²) in [6, 6.07) is 13.9. The summed E-state index contributed by atoms with van der Waals surface area (Å²) in [5.41, 5.74) is 1.17. The number of aryl methyl sites for hydroxylation is 2. The molecule has 0 fully saturated rings. The molecule has 0 aliphatic rings. The van der Waals surface area contributed by atoms with Crippen LogP contribution in [0.5, 0.6) is 0 Å². The fraction of sp³-hybridized carbons (Fsp3) is 0.320. The van der Waals surface area contributed by atoms with Crippen molar-refractivity contribution in [3.05, 3.63) is 70.1 Å². The highest BCUT2D eigenvalue weighted by Gasteiger charge is 2.35. The molecule has 4 aromatic rings. The molecule has 4 rings (SSSR count). The van der Waals surface area contributed by atoms with E-state index in [-0.39, 0.29) is 24.2 Å². The van der Waals surface area contributed by atoms with E-state index in [1.54, 1.807) is 12.1 Å². The average molecular weight is 493 g/mol. The summed E-state index contributed by atoms with van der Waals surface area (Å²) in [4.78, 5) is 30.7. The quantitative estimate of drug-likeness (QED) is 0.412. The minimum Gasteiger partial charge on any atom is -0.458 e. The summed E-state index contributed by atoms with van der Waals surface area (Å²) >= 11 is 1.42. The van der Waals surface area contributed by atoms with Gasteiger partial charge in [-0.15, -0.1) is 21.5 Å². The lowest BCUT2D eigenvalue weighted by Crippen LogP contribution is -2.50. The standard InChI is InChI=1S/C25H28N6O3S/c1-16-8-11-18(12-9-16)31(22(20-7-6-14-35-20)24(33)26-25(3,4)5)21(32)15-30-28-23(27-29-30)19-13-10-17(2)34-19/h6-14,22H,15H2,1-5H3,(H,26,33). The first-order chi connectivity index (χ1) is 16.6. The number of amides is 2. The van der Waals surface area contributed by atoms with Crippen LogP contribution in [-0.2, 0) is 16.1 Å². The van der Waals surface area contributed by atoms with Crippen LogP contribution in [0.25, 0.3) is 11.6 Å². The number of carbonyl (C=O) groups is 2. The molecule has 182 valence electrons. The highest BCUT2D eigenvalue weighted by Crippen LogP contribution is 2.32. The lowest BCUT2D eigenvalue weighted by molar-refractivity contribution is -0.128. The number of carbonyl (C=O) groups excluding carboxylic acids is 2. The van der Waals surface area contributed by atoms with E-state index in [0.717, 1.165) is 16.2 Å². The SMILES string of the molecule is Cc1ccc(N(C(=O)Cn2nnc(-c3ccc(C)o3)n2)C(C(=O)NC(C)(C)C)c2cccs2)cc1. The molecular formula is C25H28N6O3S. The fourth-order valence-electron chi connectivity index (χ4n) is 3.56. The van der Waals surface area contributed by atoms with Crippen molar-refractivity contribution >= 4 is 28.8 Å². The molecule has 0 radical (unpaired) electrons. The number of benzene rings is 1. The highest BCUT2D eigenvalue weighted by molar-refractivity contribution is 7.10. The first-order valence-corrected chi connectivity index (χ1v) is 12.1. The molecule has 0 saturated carbocycles. The maximum Gasteiger partial charge on any atom is 0.251 e. The van der Waals surface area contributed by atoms with Gasteiger partial charge in [0.2, 0.25) is 11.7 Å². The van der Waals surface area contributed by atoms with Crippen molar-refractivity contribution in [1.82, 2.24) is 25.5 Å². The Morgan fingerprint density at radius 3 is 2.46 bits per heavy atom. The first-order valence-electron chi connectivity index (χ1n) is 11.2. The summed E-state index contributed by atoms with van der Waals surface area (Å²) in [5.74, 6) is 0.857. The second-order valence-corrected chi connectivity index (χ2v) is 10.3. The number of hydrogen-bond donors (Lipinski definition) is 1. The molecule has 10 heteroatoms. The first kappa shape index (κ1) is 24.3. The summed E-state index contributed by atoms with van der Waals surface area (Å²) < 4.78 is 5.56. The van der Waals surface area contributed by atoms with Crippen molar-refractivity contribution in [2.45, 2.75) is 52.7 Å². The zero-order valence-corrected chi connectivity index (χ0v) is 21.2. The van der Waals surface area contributed by atoms with Crippen LogP contribution >= 0.6 is 11.3 Å². The lowest BCUT2D eigenvalue weighted by Gasteiger charge is -2.33. The second-order valence-electron chi connectivity index (χ2n) is 9.31. The van der Waals surface area contributed by atoms with Gasteiger partial charge in [-0.05, 0) is 75.5 Å². The Kier molecular flexibility index (Phi) is 6.83. The van der Waals surface area contributed by atoms with Crippen LogP contribution in [0.3, 0.4) is 0 Å². The Morgan fingerprint density at radius 2 is 1.86 bits per heavy atom. The van der Waals surface area contributed by atoms with E-state index >= 15 is 0 Å². The van der Waals surface area contributed by atoms with Gasteiger partial charge < -0.3 is 9.73 Å². The van der Waals surface area contributed by atoms with E-state index in [2.05, 4.69) is 20.7 Å². The number of tetrazole rings is 1. The normalized spacial score (nSPS) is 12.4. The third-order valence-electron chi connectivity index (χ3n) is 5.09. The Bertz CT molecular complexity index is 1300. The van der Waals surface area contributed by atoms with Gasteiger partial charge in [0.25, 0.3) is 5.91 Å². The number of thiophene rings is 1. The average Bonchev–Trinajstić information content (AvgIpc) is 3.53. The van der Waals surface area contributed by atoms with E-state index in [1.807, 2.05) is 76.4 Å². The van der Waals surface area contributed by atoms with Crippen molar-refractivity contribution in [3.63, 3.8) is 0 Å². The number of aromatic nitrogens is 4. The molecule has 1 atom stereocenters. The largest absolute Gasteiger partial charge is 0.458 e. The van der Waals surface area contributed by atoms with Gasteiger partial charge in [-0.1, -0.05) is 23.8 Å². The zero-order chi connectivity index (χ0) is 25.2. The molecule has 0 saturated heterocycles. The topological polar surface area (TPSA) is 106 Å². The molecular weight excluding hydrogens is 464 g/mol. The number of anilines is 1. The van der Waals surface area contributed by atoms with Gasteiger partial charge in [-0.25, -0.2) is 0 Å². The molecule has 9 nitrogen and oxygen atoms in total. The third kappa shape index (κ3) is 5.83. The highest BCUT2D eigenvalue weighted by atomic mass is 32.1. The van der Waals surface area contributed by atoms with Gasteiger partial charge in [-0.3, -0.25) is 14.5 Å². The lowest BCUT2D eigenvalue weighted by atomic mass is 10.1. The van der Waals surface area contributed by atoms with Crippen LogP contribution in [0.15, 0.2) is 58.3 Å². The van der Waals surface area contributed by atoms with Gasteiger partial charge in [0, 0.05) is 16.1 Å². The van der Waals surface area contributed by atoms with E-state index in [9.17, 15) is 9.59 Å². The van der Waals surface area contributed by atoms with Crippen LogP contribution in [-0.4, -0.2) is 37.6 Å². The van der Waals surface area contributed by atoms with E-state index in [0.29, 0.717) is 11.4 Å². The number of rotatable bonds is 7. The maximum absolute atomic E-state index is 13.8. The zero-order valence-electron chi connectivity index (χ0n) is 20.3. The minimum absolute atomic E-state index is 0.203. The Labute approximate surface area is 207 Å². The van der Waals surface area contributed by atoms with Crippen molar-refractivity contribution in [2.24, 2.45) is 0 Å². The molecule has 35 heavy (non-hydrogen) atoms. The van der Waals surface area contributed by atoms with Crippen molar-refractivity contribution in [1.29, 1.82) is 0 Å². The van der Waals surface area contributed by atoms with Gasteiger partial charge in [-0.2, -0.15) is 4.80 Å². The third-order valence-corrected chi connectivity index (χ3v) is 6.01. The van der Waals surface area contributed by atoms with E-state index in [1.165, 1.54) is 21.0 Å². The Morgan fingerprint density at radius 1 is 1.11 bits per heavy atom. The number of furan rings is 1. The molecule has 3 aromatic heterocycles. The molecule has 0 aliphatic heterocycles. The smallest absolute Gasteiger partial charge is 0.251 e. The van der Waals surface area contributed by atoms with Gasteiger partial charge in [0.05, 0.1) is 0 Å². The molecule has 1 unspecified atom stereocenters. The van der Waals surface area contributed by atoms with Crippen LogP contribution in [0.4, 0.5) is 5.69 Å². The summed E-state index contributed by atoms with van der Waals surface area (Å²) in [5, 5.41) is 17.3. The molecule has 1 aromatic carbocycles. The van der Waals surface area contributed by atoms with E-state index in [4.69, 9.17) is 4.42 Å². The van der Waals surface area contributed by atoms with Crippen LogP contribution < -0.4 is 10.2 Å². The minimum atomic E-state index is -0.861. The second kappa shape index (κ2) is 9.83. The van der Waals surface area contributed by atoms with E-state index < -0.39 is 11.6 Å². The van der Waals surface area contributed by atoms with Crippen LogP contribution in [0.2, 0.25) is 0 Å².